The molecule has 3 aromatic rings. The Labute approximate surface area is 171 Å². The molecule has 1 aromatic heterocycles. The van der Waals surface area contributed by atoms with Crippen molar-refractivity contribution in [2.45, 2.75) is 0 Å². The molecule has 0 bridgehead atoms. The predicted molar refractivity (Wildman–Crippen MR) is 106 cm³/mol. The molecule has 7 nitrogen and oxygen atoms in total. The minimum atomic E-state index is -0.811. The smallest absolute Gasteiger partial charge is 0.255 e. The lowest BCUT2D eigenvalue weighted by Gasteiger charge is -2.08. The van der Waals surface area contributed by atoms with Crippen molar-refractivity contribution in [2.75, 3.05) is 20.2 Å². The zero-order valence-electron chi connectivity index (χ0n) is 16.4. The number of nitrogens with one attached hydrogen (secondary N) is 2. The molecule has 3 rings (SSSR count). The van der Waals surface area contributed by atoms with E-state index in [1.165, 1.54) is 24.1 Å². The number of aryl methyl sites for hydroxylation is 1. The lowest BCUT2D eigenvalue weighted by Crippen LogP contribution is -2.34. The first-order chi connectivity index (χ1) is 14.4. The van der Waals surface area contributed by atoms with Gasteiger partial charge >= 0.3 is 0 Å². The van der Waals surface area contributed by atoms with E-state index in [9.17, 15) is 18.4 Å². The fourth-order valence-electron chi connectivity index (χ4n) is 2.83. The van der Waals surface area contributed by atoms with E-state index in [1.807, 2.05) is 0 Å². The van der Waals surface area contributed by atoms with Gasteiger partial charge in [0.05, 0.1) is 12.7 Å². The van der Waals surface area contributed by atoms with Gasteiger partial charge in [-0.25, -0.2) is 8.78 Å². The Morgan fingerprint density at radius 2 is 1.70 bits per heavy atom. The summed E-state index contributed by atoms with van der Waals surface area (Å²) in [5.41, 5.74) is 0.734. The maximum absolute atomic E-state index is 14.1. The summed E-state index contributed by atoms with van der Waals surface area (Å²) < 4.78 is 33.7. The van der Waals surface area contributed by atoms with E-state index in [4.69, 9.17) is 4.74 Å². The van der Waals surface area contributed by atoms with Gasteiger partial charge in [0, 0.05) is 43.5 Å². The van der Waals surface area contributed by atoms with Gasteiger partial charge in [0.1, 0.15) is 23.1 Å². The first-order valence-electron chi connectivity index (χ1n) is 9.08. The molecule has 30 heavy (non-hydrogen) atoms. The molecule has 0 atom stereocenters. The normalized spacial score (nSPS) is 10.5. The Morgan fingerprint density at radius 3 is 2.33 bits per heavy atom. The van der Waals surface area contributed by atoms with Crippen molar-refractivity contribution < 1.29 is 23.1 Å². The van der Waals surface area contributed by atoms with Crippen molar-refractivity contribution in [1.29, 1.82) is 0 Å². The number of halogens is 2. The van der Waals surface area contributed by atoms with Crippen LogP contribution in [0.25, 0.3) is 11.3 Å². The average molecular weight is 414 g/mol. The second kappa shape index (κ2) is 9.17. The highest BCUT2D eigenvalue weighted by Crippen LogP contribution is 2.25. The standard InChI is InChI=1S/C21H20F2N4O3/c1-27-12-17(19(26-27)16-8-5-14(22)11-18(16)23)21(29)25-10-9-24-20(28)13-3-6-15(30-2)7-4-13/h3-8,11-12H,9-10H2,1-2H3,(H,24,28)(H,25,29). The van der Waals surface area contributed by atoms with Gasteiger partial charge < -0.3 is 15.4 Å². The van der Waals surface area contributed by atoms with E-state index in [2.05, 4.69) is 15.7 Å². The summed E-state index contributed by atoms with van der Waals surface area (Å²) in [7, 11) is 3.13. The molecule has 0 aliphatic heterocycles. The van der Waals surface area contributed by atoms with Crippen LogP contribution < -0.4 is 15.4 Å². The first kappa shape index (κ1) is 21.0. The number of carbonyl (C=O) groups is 2. The number of methoxy groups -OCH3 is 1. The van der Waals surface area contributed by atoms with Gasteiger partial charge in [0.2, 0.25) is 0 Å². The summed E-state index contributed by atoms with van der Waals surface area (Å²) in [6.45, 7) is 0.345. The van der Waals surface area contributed by atoms with Crippen LogP contribution in [0, 0.1) is 11.6 Å². The molecule has 0 saturated carbocycles. The first-order valence-corrected chi connectivity index (χ1v) is 9.08. The Kier molecular flexibility index (Phi) is 6.41. The largest absolute Gasteiger partial charge is 0.497 e. The van der Waals surface area contributed by atoms with Gasteiger partial charge in [-0.1, -0.05) is 0 Å². The number of carbonyl (C=O) groups excluding carboxylic acids is 2. The number of hydrogen-bond acceptors (Lipinski definition) is 4. The number of rotatable bonds is 7. The van der Waals surface area contributed by atoms with Crippen LogP contribution in [0.3, 0.4) is 0 Å². The summed E-state index contributed by atoms with van der Waals surface area (Å²) in [4.78, 5) is 24.6. The van der Waals surface area contributed by atoms with Crippen molar-refractivity contribution in [1.82, 2.24) is 20.4 Å². The fraction of sp³-hybridized carbons (Fsp3) is 0.190. The van der Waals surface area contributed by atoms with Gasteiger partial charge in [-0.15, -0.1) is 0 Å². The zero-order valence-corrected chi connectivity index (χ0v) is 16.4. The third-order valence-corrected chi connectivity index (χ3v) is 4.31. The second-order valence-electron chi connectivity index (χ2n) is 6.43. The Hall–Kier alpha value is -3.75. The molecule has 0 unspecified atom stereocenters. The van der Waals surface area contributed by atoms with Crippen molar-refractivity contribution in [2.24, 2.45) is 7.05 Å². The van der Waals surface area contributed by atoms with E-state index in [0.717, 1.165) is 12.1 Å². The number of amides is 2. The molecule has 2 amide bonds. The van der Waals surface area contributed by atoms with Gasteiger partial charge in [-0.05, 0) is 36.4 Å². The summed E-state index contributed by atoms with van der Waals surface area (Å²) in [5.74, 6) is -1.66. The highest BCUT2D eigenvalue weighted by atomic mass is 19.1. The molecule has 9 heteroatoms. The molecular weight excluding hydrogens is 394 g/mol. The van der Waals surface area contributed by atoms with Gasteiger partial charge in [0.25, 0.3) is 11.8 Å². The van der Waals surface area contributed by atoms with Crippen LogP contribution in [0.1, 0.15) is 20.7 Å². The molecule has 0 aliphatic rings. The maximum atomic E-state index is 14.1. The SMILES string of the molecule is COc1ccc(C(=O)NCCNC(=O)c2cn(C)nc2-c2ccc(F)cc2F)cc1. The molecule has 156 valence electrons. The summed E-state index contributed by atoms with van der Waals surface area (Å²) >= 11 is 0. The molecule has 0 fully saturated rings. The Bertz CT molecular complexity index is 1060. The van der Waals surface area contributed by atoms with Gasteiger partial charge in [-0.2, -0.15) is 5.10 Å². The highest BCUT2D eigenvalue weighted by Gasteiger charge is 2.20. The second-order valence-corrected chi connectivity index (χ2v) is 6.43. The third kappa shape index (κ3) is 4.80. The number of benzene rings is 2. The van der Waals surface area contributed by atoms with Crippen LogP contribution in [-0.2, 0) is 7.05 Å². The molecule has 0 saturated heterocycles. The van der Waals surface area contributed by atoms with Crippen LogP contribution in [0.15, 0.2) is 48.7 Å². The molecule has 2 aromatic carbocycles. The number of hydrogen-bond donors (Lipinski definition) is 2. The van der Waals surface area contributed by atoms with E-state index >= 15 is 0 Å². The van der Waals surface area contributed by atoms with Crippen LogP contribution in [0.5, 0.6) is 5.75 Å². The predicted octanol–water partition coefficient (Wildman–Crippen LogP) is 2.53. The topological polar surface area (TPSA) is 85.3 Å². The molecule has 0 radical (unpaired) electrons. The summed E-state index contributed by atoms with van der Waals surface area (Å²) in [5, 5.41) is 9.46. The summed E-state index contributed by atoms with van der Waals surface area (Å²) in [6, 6.07) is 9.69. The van der Waals surface area contributed by atoms with Crippen LogP contribution in [0.2, 0.25) is 0 Å². The van der Waals surface area contributed by atoms with E-state index in [0.29, 0.717) is 11.3 Å². The van der Waals surface area contributed by atoms with Crippen molar-refractivity contribution >= 4 is 11.8 Å². The molecule has 1 heterocycles. The van der Waals surface area contributed by atoms with E-state index in [-0.39, 0.29) is 35.8 Å². The molecule has 0 aliphatic carbocycles. The van der Waals surface area contributed by atoms with Crippen molar-refractivity contribution in [3.8, 4) is 17.0 Å². The Morgan fingerprint density at radius 1 is 1.03 bits per heavy atom. The van der Waals surface area contributed by atoms with Crippen molar-refractivity contribution in [3.05, 3.63) is 71.4 Å². The molecule has 0 spiro atoms. The highest BCUT2D eigenvalue weighted by molar-refractivity contribution is 6.00. The monoisotopic (exact) mass is 414 g/mol. The zero-order chi connectivity index (χ0) is 21.7. The lowest BCUT2D eigenvalue weighted by molar-refractivity contribution is 0.0928. The number of ether oxygens (including phenoxy) is 1. The molecule has 2 N–H and O–H groups in total. The van der Waals surface area contributed by atoms with Crippen LogP contribution >= 0.6 is 0 Å². The minimum Gasteiger partial charge on any atom is -0.497 e. The Balaban J connectivity index is 1.59. The van der Waals surface area contributed by atoms with Crippen molar-refractivity contribution in [3.63, 3.8) is 0 Å². The minimum absolute atomic E-state index is 0.0231. The van der Waals surface area contributed by atoms with E-state index in [1.54, 1.807) is 31.3 Å². The number of nitrogens with zero attached hydrogens (tertiary/aromatic N) is 2. The van der Waals surface area contributed by atoms with E-state index < -0.39 is 17.5 Å². The van der Waals surface area contributed by atoms with Crippen LogP contribution in [-0.4, -0.2) is 41.8 Å². The quantitative estimate of drug-likeness (QED) is 0.582. The van der Waals surface area contributed by atoms with Gasteiger partial charge in [0.15, 0.2) is 0 Å². The lowest BCUT2D eigenvalue weighted by atomic mass is 10.1. The van der Waals surface area contributed by atoms with Gasteiger partial charge in [-0.3, -0.25) is 14.3 Å². The fourth-order valence-corrected chi connectivity index (χ4v) is 2.83. The average Bonchev–Trinajstić information content (AvgIpc) is 3.12. The molecular formula is C21H20F2N4O3. The summed E-state index contributed by atoms with van der Waals surface area (Å²) in [6.07, 6.45) is 1.45. The number of aromatic nitrogens is 2. The maximum Gasteiger partial charge on any atom is 0.255 e. The van der Waals surface area contributed by atoms with Crippen LogP contribution in [0.4, 0.5) is 8.78 Å². The third-order valence-electron chi connectivity index (χ3n) is 4.31.